The maximum Gasteiger partial charge on any atom is 0.410 e. The van der Waals surface area contributed by atoms with Crippen LogP contribution in [0.2, 0.25) is 0 Å². The van der Waals surface area contributed by atoms with E-state index in [9.17, 15) is 4.79 Å². The van der Waals surface area contributed by atoms with Crippen molar-refractivity contribution in [3.63, 3.8) is 0 Å². The number of likely N-dealkylation sites (tertiary alicyclic amines) is 1. The van der Waals surface area contributed by atoms with Gasteiger partial charge in [-0.1, -0.05) is 72.8 Å². The molecule has 4 heteroatoms. The first-order valence-electron chi connectivity index (χ1n) is 12.3. The van der Waals surface area contributed by atoms with Gasteiger partial charge in [-0.25, -0.2) is 4.79 Å². The molecule has 4 nitrogen and oxygen atoms in total. The molecule has 4 rings (SSSR count). The van der Waals surface area contributed by atoms with Gasteiger partial charge in [-0.2, -0.15) is 0 Å². The average molecular weight is 458 g/mol. The summed E-state index contributed by atoms with van der Waals surface area (Å²) in [4.78, 5) is 14.8. The molecule has 1 saturated heterocycles. The molecule has 1 amide bonds. The number of amides is 1. The molecular formula is C30H35NO3. The lowest BCUT2D eigenvalue weighted by Crippen LogP contribution is -2.47. The third-order valence-electron chi connectivity index (χ3n) is 6.15. The zero-order valence-electron chi connectivity index (χ0n) is 20.4. The van der Waals surface area contributed by atoms with Crippen molar-refractivity contribution in [2.24, 2.45) is 0 Å². The van der Waals surface area contributed by atoms with Crippen molar-refractivity contribution in [1.82, 2.24) is 4.90 Å². The Labute approximate surface area is 203 Å². The van der Waals surface area contributed by atoms with Crippen LogP contribution in [0.1, 0.15) is 58.1 Å². The van der Waals surface area contributed by atoms with Crippen molar-refractivity contribution in [1.29, 1.82) is 0 Å². The highest BCUT2D eigenvalue weighted by molar-refractivity contribution is 5.68. The smallest absolute Gasteiger partial charge is 0.410 e. The van der Waals surface area contributed by atoms with Gasteiger partial charge in [0.15, 0.2) is 0 Å². The SMILES string of the molecule is CC(C)(C)OC(=O)N1CCCCC1CC(Oc1ccc(-c2ccccc2)cc1)c1ccccc1. The second kappa shape index (κ2) is 10.8. The number of hydrogen-bond acceptors (Lipinski definition) is 3. The molecule has 0 spiro atoms. The minimum Gasteiger partial charge on any atom is -0.486 e. The number of hydrogen-bond donors (Lipinski definition) is 0. The van der Waals surface area contributed by atoms with Crippen LogP contribution in [0.15, 0.2) is 84.9 Å². The van der Waals surface area contributed by atoms with Gasteiger partial charge in [-0.05, 0) is 68.9 Å². The first-order valence-corrected chi connectivity index (χ1v) is 12.3. The summed E-state index contributed by atoms with van der Waals surface area (Å²) in [5, 5.41) is 0. The fourth-order valence-corrected chi connectivity index (χ4v) is 4.49. The molecule has 1 fully saturated rings. The molecule has 0 radical (unpaired) electrons. The van der Waals surface area contributed by atoms with Crippen LogP contribution >= 0.6 is 0 Å². The van der Waals surface area contributed by atoms with Crippen LogP contribution in [-0.2, 0) is 4.74 Å². The van der Waals surface area contributed by atoms with Gasteiger partial charge in [-0.3, -0.25) is 0 Å². The van der Waals surface area contributed by atoms with E-state index >= 15 is 0 Å². The highest BCUT2D eigenvalue weighted by Gasteiger charge is 2.33. The molecule has 34 heavy (non-hydrogen) atoms. The minimum absolute atomic E-state index is 0.0809. The number of benzene rings is 3. The molecule has 1 aliphatic rings. The van der Waals surface area contributed by atoms with Gasteiger partial charge in [0.1, 0.15) is 17.5 Å². The van der Waals surface area contributed by atoms with Gasteiger partial charge in [0, 0.05) is 19.0 Å². The Morgan fingerprint density at radius 3 is 2.15 bits per heavy atom. The second-order valence-corrected chi connectivity index (χ2v) is 9.97. The molecule has 3 aromatic carbocycles. The normalized spacial score (nSPS) is 17.1. The summed E-state index contributed by atoms with van der Waals surface area (Å²) in [6.07, 6.45) is 3.42. The van der Waals surface area contributed by atoms with Crippen molar-refractivity contribution < 1.29 is 14.3 Å². The van der Waals surface area contributed by atoms with E-state index < -0.39 is 5.60 Å². The molecule has 0 N–H and O–H groups in total. The van der Waals surface area contributed by atoms with Crippen molar-refractivity contribution >= 4 is 6.09 Å². The van der Waals surface area contributed by atoms with Crippen molar-refractivity contribution in [3.05, 3.63) is 90.5 Å². The summed E-state index contributed by atoms with van der Waals surface area (Å²) >= 11 is 0. The van der Waals surface area contributed by atoms with Crippen LogP contribution in [-0.4, -0.2) is 29.2 Å². The van der Waals surface area contributed by atoms with Gasteiger partial charge in [-0.15, -0.1) is 0 Å². The number of piperidine rings is 1. The quantitative estimate of drug-likeness (QED) is 0.381. The van der Waals surface area contributed by atoms with E-state index in [2.05, 4.69) is 36.4 Å². The standard InChI is InChI=1S/C30H35NO3/c1-30(2,3)34-29(32)31-21-11-10-16-26(31)22-28(25-14-8-5-9-15-25)33-27-19-17-24(18-20-27)23-12-6-4-7-13-23/h4-9,12-15,17-20,26,28H,10-11,16,21-22H2,1-3H3. The van der Waals surface area contributed by atoms with Crippen LogP contribution in [0, 0.1) is 0 Å². The molecule has 0 bridgehead atoms. The Balaban J connectivity index is 1.53. The van der Waals surface area contributed by atoms with Crippen LogP contribution < -0.4 is 4.74 Å². The maximum atomic E-state index is 12.9. The zero-order chi connectivity index (χ0) is 24.0. The molecule has 2 atom stereocenters. The Hall–Kier alpha value is -3.27. The van der Waals surface area contributed by atoms with E-state index in [4.69, 9.17) is 9.47 Å². The Morgan fingerprint density at radius 1 is 0.882 bits per heavy atom. The summed E-state index contributed by atoms with van der Waals surface area (Å²) in [5.74, 6) is 0.827. The van der Waals surface area contributed by atoms with Crippen molar-refractivity contribution in [2.45, 2.75) is 64.2 Å². The Bertz CT molecular complexity index is 1040. The van der Waals surface area contributed by atoms with Gasteiger partial charge < -0.3 is 14.4 Å². The van der Waals surface area contributed by atoms with E-state index in [1.807, 2.05) is 74.2 Å². The molecule has 0 saturated carbocycles. The topological polar surface area (TPSA) is 38.8 Å². The highest BCUT2D eigenvalue weighted by Crippen LogP contribution is 2.32. The molecule has 0 aromatic heterocycles. The second-order valence-electron chi connectivity index (χ2n) is 9.97. The third-order valence-corrected chi connectivity index (χ3v) is 6.15. The van der Waals surface area contributed by atoms with Crippen LogP contribution in [0.3, 0.4) is 0 Å². The fourth-order valence-electron chi connectivity index (χ4n) is 4.49. The van der Waals surface area contributed by atoms with Crippen molar-refractivity contribution in [2.75, 3.05) is 6.54 Å². The Morgan fingerprint density at radius 2 is 1.50 bits per heavy atom. The summed E-state index contributed by atoms with van der Waals surface area (Å²) in [7, 11) is 0. The van der Waals surface area contributed by atoms with E-state index in [1.165, 1.54) is 5.56 Å². The highest BCUT2D eigenvalue weighted by atomic mass is 16.6. The number of rotatable bonds is 6. The third kappa shape index (κ3) is 6.40. The van der Waals surface area contributed by atoms with Crippen LogP contribution in [0.5, 0.6) is 5.75 Å². The van der Waals surface area contributed by atoms with Gasteiger partial charge in [0.2, 0.25) is 0 Å². The summed E-state index contributed by atoms with van der Waals surface area (Å²) < 4.78 is 12.3. The molecule has 1 aliphatic heterocycles. The van der Waals surface area contributed by atoms with E-state index in [0.29, 0.717) is 0 Å². The number of ether oxygens (including phenoxy) is 2. The number of nitrogens with zero attached hydrogens (tertiary/aromatic N) is 1. The predicted octanol–water partition coefficient (Wildman–Crippen LogP) is 7.65. The monoisotopic (exact) mass is 457 g/mol. The molecule has 2 unspecified atom stereocenters. The molecule has 178 valence electrons. The fraction of sp³-hybridized carbons (Fsp3) is 0.367. The summed E-state index contributed by atoms with van der Waals surface area (Å²) in [6.45, 7) is 6.48. The minimum atomic E-state index is -0.505. The van der Waals surface area contributed by atoms with Crippen molar-refractivity contribution in [3.8, 4) is 16.9 Å². The average Bonchev–Trinajstić information content (AvgIpc) is 2.84. The lowest BCUT2D eigenvalue weighted by molar-refractivity contribution is 0.00372. The lowest BCUT2D eigenvalue weighted by atomic mass is 9.94. The molecule has 0 aliphatic carbocycles. The first-order chi connectivity index (χ1) is 16.4. The predicted molar refractivity (Wildman–Crippen MR) is 137 cm³/mol. The largest absolute Gasteiger partial charge is 0.486 e. The zero-order valence-corrected chi connectivity index (χ0v) is 20.4. The first kappa shape index (κ1) is 23.9. The van der Waals surface area contributed by atoms with E-state index in [-0.39, 0.29) is 18.2 Å². The summed E-state index contributed by atoms with van der Waals surface area (Å²) in [6, 6.07) is 29.0. The van der Waals surface area contributed by atoms with Gasteiger partial charge in [0.05, 0.1) is 0 Å². The van der Waals surface area contributed by atoms with E-state index in [0.717, 1.165) is 49.1 Å². The van der Waals surface area contributed by atoms with Crippen LogP contribution in [0.4, 0.5) is 4.79 Å². The lowest BCUT2D eigenvalue weighted by Gasteiger charge is -2.38. The Kier molecular flexibility index (Phi) is 7.56. The summed E-state index contributed by atoms with van der Waals surface area (Å²) in [5.41, 5.74) is 2.95. The molecule has 3 aromatic rings. The molecular weight excluding hydrogens is 422 g/mol. The van der Waals surface area contributed by atoms with Crippen LogP contribution in [0.25, 0.3) is 11.1 Å². The van der Waals surface area contributed by atoms with Gasteiger partial charge in [0.25, 0.3) is 0 Å². The van der Waals surface area contributed by atoms with E-state index in [1.54, 1.807) is 0 Å². The number of carbonyl (C=O) groups excluding carboxylic acids is 1. The number of carbonyl (C=O) groups is 1. The molecule has 1 heterocycles. The van der Waals surface area contributed by atoms with Gasteiger partial charge >= 0.3 is 6.09 Å². The maximum absolute atomic E-state index is 12.9.